The minimum atomic E-state index is -0.723. The van der Waals surface area contributed by atoms with E-state index in [4.69, 9.17) is 9.47 Å². The van der Waals surface area contributed by atoms with Gasteiger partial charge in [-0.2, -0.15) is 0 Å². The molecule has 2 aromatic rings. The maximum Gasteiger partial charge on any atom is 0.334 e. The Morgan fingerprint density at radius 2 is 1.96 bits per heavy atom. The number of amides is 1. The van der Waals surface area contributed by atoms with E-state index in [1.807, 2.05) is 25.1 Å². The molecule has 6 nitrogen and oxygen atoms in total. The van der Waals surface area contributed by atoms with E-state index < -0.39 is 12.0 Å². The predicted molar refractivity (Wildman–Crippen MR) is 90.3 cm³/mol. The van der Waals surface area contributed by atoms with Crippen LogP contribution in [-0.4, -0.2) is 24.5 Å². The van der Waals surface area contributed by atoms with Gasteiger partial charge in [-0.3, -0.25) is 4.79 Å². The minimum absolute atomic E-state index is 0.0341. The van der Waals surface area contributed by atoms with Crippen molar-refractivity contribution in [3.8, 4) is 11.5 Å². The quantitative estimate of drug-likeness (QED) is 0.653. The van der Waals surface area contributed by atoms with Gasteiger partial charge in [-0.1, -0.05) is 24.3 Å². The van der Waals surface area contributed by atoms with Crippen LogP contribution < -0.4 is 20.1 Å². The van der Waals surface area contributed by atoms with Gasteiger partial charge in [0, 0.05) is 0 Å². The highest BCUT2D eigenvalue weighted by Gasteiger charge is 2.29. The molecule has 6 heteroatoms. The van der Waals surface area contributed by atoms with Crippen molar-refractivity contribution in [2.24, 2.45) is 0 Å². The number of esters is 1. The molecule has 1 amide bonds. The number of hydrogen-bond acceptors (Lipinski definition) is 5. The molecule has 0 saturated carbocycles. The smallest absolute Gasteiger partial charge is 0.334 e. The Bertz CT molecular complexity index is 760. The van der Waals surface area contributed by atoms with Gasteiger partial charge in [0.1, 0.15) is 11.8 Å². The highest BCUT2D eigenvalue weighted by atomic mass is 16.5. The lowest BCUT2D eigenvalue weighted by Crippen LogP contribution is -2.39. The number of hydrogen-bond donors (Lipinski definition) is 2. The first-order valence-corrected chi connectivity index (χ1v) is 7.76. The van der Waals surface area contributed by atoms with Gasteiger partial charge in [0.25, 0.3) is 0 Å². The average Bonchev–Trinajstić information content (AvgIpc) is 2.57. The van der Waals surface area contributed by atoms with Crippen LogP contribution in [0.2, 0.25) is 0 Å². The Morgan fingerprint density at radius 1 is 1.21 bits per heavy atom. The highest BCUT2D eigenvalue weighted by Crippen LogP contribution is 2.30. The molecule has 0 saturated heterocycles. The third-order valence-corrected chi connectivity index (χ3v) is 3.56. The predicted octanol–water partition coefficient (Wildman–Crippen LogP) is 2.81. The van der Waals surface area contributed by atoms with E-state index in [2.05, 4.69) is 10.6 Å². The summed E-state index contributed by atoms with van der Waals surface area (Å²) >= 11 is 0. The van der Waals surface area contributed by atoms with Crippen LogP contribution in [0.15, 0.2) is 48.5 Å². The summed E-state index contributed by atoms with van der Waals surface area (Å²) in [6, 6.07) is 13.6. The number of carbonyl (C=O) groups is 2. The van der Waals surface area contributed by atoms with Crippen molar-refractivity contribution in [3.05, 3.63) is 48.5 Å². The fourth-order valence-electron chi connectivity index (χ4n) is 2.47. The molecule has 2 aromatic carbocycles. The summed E-state index contributed by atoms with van der Waals surface area (Å²) in [5, 5.41) is 5.81. The lowest BCUT2D eigenvalue weighted by atomic mass is 10.1. The molecule has 0 bridgehead atoms. The number of para-hydroxylation sites is 4. The average molecular weight is 326 g/mol. The summed E-state index contributed by atoms with van der Waals surface area (Å²) in [6.07, 6.45) is -0.0341. The molecular weight excluding hydrogens is 308 g/mol. The first-order valence-electron chi connectivity index (χ1n) is 7.76. The second kappa shape index (κ2) is 7.04. The Morgan fingerprint density at radius 3 is 2.79 bits per heavy atom. The normalized spacial score (nSPS) is 15.7. The van der Waals surface area contributed by atoms with E-state index in [0.29, 0.717) is 29.5 Å². The highest BCUT2D eigenvalue weighted by molar-refractivity contribution is 5.97. The number of benzene rings is 2. The van der Waals surface area contributed by atoms with E-state index in [1.54, 1.807) is 30.3 Å². The summed E-state index contributed by atoms with van der Waals surface area (Å²) in [6.45, 7) is 2.37. The molecule has 3 rings (SSSR count). The molecule has 1 aliphatic rings. The summed E-state index contributed by atoms with van der Waals surface area (Å²) in [7, 11) is 0. The fraction of sp³-hybridized carbons (Fsp3) is 0.222. The van der Waals surface area contributed by atoms with Crippen LogP contribution in [0.25, 0.3) is 0 Å². The van der Waals surface area contributed by atoms with Crippen LogP contribution in [0.3, 0.4) is 0 Å². The number of nitrogens with one attached hydrogen (secondary N) is 2. The zero-order chi connectivity index (χ0) is 16.9. The molecule has 124 valence electrons. The number of carbonyl (C=O) groups excluding carboxylic acids is 2. The van der Waals surface area contributed by atoms with Gasteiger partial charge in [0.15, 0.2) is 5.75 Å². The SMILES string of the molecule is CCOc1ccccc1NC(=O)C[C@@H]1Nc2ccccc2OC1=O. The van der Waals surface area contributed by atoms with E-state index in [9.17, 15) is 9.59 Å². The van der Waals surface area contributed by atoms with Crippen molar-refractivity contribution < 1.29 is 19.1 Å². The number of anilines is 2. The Balaban J connectivity index is 1.66. The molecular formula is C18H18N2O4. The van der Waals surface area contributed by atoms with Gasteiger partial charge in [-0.05, 0) is 31.2 Å². The third kappa shape index (κ3) is 3.48. The first kappa shape index (κ1) is 15.9. The molecule has 1 aliphatic heterocycles. The van der Waals surface area contributed by atoms with Crippen LogP contribution in [-0.2, 0) is 9.59 Å². The van der Waals surface area contributed by atoms with Crippen molar-refractivity contribution in [2.75, 3.05) is 17.2 Å². The van der Waals surface area contributed by atoms with E-state index in [1.165, 1.54) is 0 Å². The second-order valence-electron chi connectivity index (χ2n) is 5.30. The van der Waals surface area contributed by atoms with E-state index in [0.717, 1.165) is 0 Å². The molecule has 1 atom stereocenters. The maximum atomic E-state index is 12.3. The molecule has 1 heterocycles. The van der Waals surface area contributed by atoms with Crippen LogP contribution in [0.1, 0.15) is 13.3 Å². The topological polar surface area (TPSA) is 76.7 Å². The standard InChI is InChI=1S/C18H18N2O4/c1-2-23-15-9-5-3-7-12(15)20-17(21)11-14-18(22)24-16-10-6-4-8-13(16)19-14/h3-10,14,19H,2,11H2,1H3,(H,20,21)/t14-/m0/s1. The number of rotatable bonds is 5. The van der Waals surface area contributed by atoms with Gasteiger partial charge >= 0.3 is 5.97 Å². The monoisotopic (exact) mass is 326 g/mol. The molecule has 0 radical (unpaired) electrons. The van der Waals surface area contributed by atoms with Gasteiger partial charge in [0.2, 0.25) is 5.91 Å². The zero-order valence-electron chi connectivity index (χ0n) is 13.2. The Hall–Kier alpha value is -3.02. The largest absolute Gasteiger partial charge is 0.492 e. The summed E-state index contributed by atoms with van der Waals surface area (Å²) in [5.41, 5.74) is 1.28. The van der Waals surface area contributed by atoms with Crippen LogP contribution in [0, 0.1) is 0 Å². The molecule has 2 N–H and O–H groups in total. The van der Waals surface area contributed by atoms with Crippen LogP contribution >= 0.6 is 0 Å². The van der Waals surface area contributed by atoms with Crippen molar-refractivity contribution in [1.29, 1.82) is 0 Å². The van der Waals surface area contributed by atoms with Gasteiger partial charge in [-0.15, -0.1) is 0 Å². The van der Waals surface area contributed by atoms with Crippen molar-refractivity contribution in [3.63, 3.8) is 0 Å². The van der Waals surface area contributed by atoms with E-state index in [-0.39, 0.29) is 12.3 Å². The first-order chi connectivity index (χ1) is 11.7. The summed E-state index contributed by atoms with van der Waals surface area (Å²) in [5.74, 6) is 0.302. The number of fused-ring (bicyclic) bond motifs is 1. The van der Waals surface area contributed by atoms with Crippen LogP contribution in [0.5, 0.6) is 11.5 Å². The lowest BCUT2D eigenvalue weighted by molar-refractivity contribution is -0.137. The molecule has 24 heavy (non-hydrogen) atoms. The van der Waals surface area contributed by atoms with Crippen molar-refractivity contribution in [2.45, 2.75) is 19.4 Å². The van der Waals surface area contributed by atoms with Crippen molar-refractivity contribution in [1.82, 2.24) is 0 Å². The molecule has 0 aromatic heterocycles. The minimum Gasteiger partial charge on any atom is -0.492 e. The molecule has 0 fully saturated rings. The maximum absolute atomic E-state index is 12.3. The van der Waals surface area contributed by atoms with Crippen molar-refractivity contribution >= 4 is 23.3 Å². The van der Waals surface area contributed by atoms with Gasteiger partial charge in [-0.25, -0.2) is 4.79 Å². The zero-order valence-corrected chi connectivity index (χ0v) is 13.2. The van der Waals surface area contributed by atoms with E-state index >= 15 is 0 Å². The Kier molecular flexibility index (Phi) is 4.65. The van der Waals surface area contributed by atoms with Crippen LogP contribution in [0.4, 0.5) is 11.4 Å². The summed E-state index contributed by atoms with van der Waals surface area (Å²) in [4.78, 5) is 24.3. The molecule has 0 unspecified atom stereocenters. The third-order valence-electron chi connectivity index (χ3n) is 3.56. The second-order valence-corrected chi connectivity index (χ2v) is 5.30. The lowest BCUT2D eigenvalue weighted by Gasteiger charge is -2.25. The van der Waals surface area contributed by atoms with Gasteiger partial charge in [0.05, 0.1) is 24.4 Å². The summed E-state index contributed by atoms with van der Waals surface area (Å²) < 4.78 is 10.7. The molecule has 0 spiro atoms. The number of ether oxygens (including phenoxy) is 2. The fourth-order valence-corrected chi connectivity index (χ4v) is 2.47. The molecule has 0 aliphatic carbocycles. The Labute approximate surface area is 139 Å². The van der Waals surface area contributed by atoms with Gasteiger partial charge < -0.3 is 20.1 Å².